The molecule has 0 bridgehead atoms. The number of hydrogen-bond donors (Lipinski definition) is 0. The van der Waals surface area contributed by atoms with Crippen molar-refractivity contribution in [2.24, 2.45) is 0 Å². The molecule has 0 N–H and O–H groups in total. The van der Waals surface area contributed by atoms with Gasteiger partial charge >= 0.3 is 0 Å². The van der Waals surface area contributed by atoms with Gasteiger partial charge in [0.15, 0.2) is 0 Å². The molecule has 4 heteroatoms. The standard InChI is InChI=1S/C14H23ClN2S/c1-6-12(9-18-5)17(4)14-13(8-15)10(2)7-11(3)16-14/h7,12H,6,8-9H2,1-5H3. The molecular weight excluding hydrogens is 264 g/mol. The van der Waals surface area contributed by atoms with E-state index in [-0.39, 0.29) is 0 Å². The molecule has 0 aliphatic rings. The minimum atomic E-state index is 0.510. The number of aryl methyl sites for hydroxylation is 2. The molecule has 0 amide bonds. The maximum atomic E-state index is 6.09. The van der Waals surface area contributed by atoms with Crippen LogP contribution >= 0.6 is 23.4 Å². The Morgan fingerprint density at radius 2 is 2.11 bits per heavy atom. The molecule has 0 aliphatic heterocycles. The maximum absolute atomic E-state index is 6.09. The molecule has 1 heterocycles. The molecule has 0 aliphatic carbocycles. The highest BCUT2D eigenvalue weighted by Gasteiger charge is 2.18. The summed E-state index contributed by atoms with van der Waals surface area (Å²) in [6, 6.07) is 2.61. The van der Waals surface area contributed by atoms with E-state index in [4.69, 9.17) is 11.6 Å². The summed E-state index contributed by atoms with van der Waals surface area (Å²) in [6.45, 7) is 6.37. The second-order valence-electron chi connectivity index (χ2n) is 4.64. The quantitative estimate of drug-likeness (QED) is 0.735. The van der Waals surface area contributed by atoms with Crippen LogP contribution in [-0.4, -0.2) is 30.1 Å². The third-order valence-corrected chi connectivity index (χ3v) is 4.28. The summed E-state index contributed by atoms with van der Waals surface area (Å²) in [4.78, 5) is 6.97. The lowest BCUT2D eigenvalue weighted by molar-refractivity contribution is 0.662. The van der Waals surface area contributed by atoms with Crippen LogP contribution in [0.3, 0.4) is 0 Å². The number of pyridine rings is 1. The first-order chi connectivity index (χ1) is 8.54. The second kappa shape index (κ2) is 7.25. The Balaban J connectivity index is 3.13. The fourth-order valence-corrected chi connectivity index (χ4v) is 3.34. The average Bonchev–Trinajstić information content (AvgIpc) is 2.34. The number of hydrogen-bond acceptors (Lipinski definition) is 3. The zero-order valence-electron chi connectivity index (χ0n) is 12.0. The largest absolute Gasteiger partial charge is 0.356 e. The molecule has 1 unspecified atom stereocenters. The van der Waals surface area contributed by atoms with E-state index in [1.807, 2.05) is 18.7 Å². The zero-order valence-corrected chi connectivity index (χ0v) is 13.5. The predicted octanol–water partition coefficient (Wildman–Crippen LogP) is 4.02. The molecular formula is C14H23ClN2S. The van der Waals surface area contributed by atoms with Gasteiger partial charge in [-0.05, 0) is 38.2 Å². The molecule has 1 atom stereocenters. The lowest BCUT2D eigenvalue weighted by Gasteiger charge is -2.30. The molecule has 0 fully saturated rings. The molecule has 1 aromatic heterocycles. The van der Waals surface area contributed by atoms with E-state index < -0.39 is 0 Å². The number of aromatic nitrogens is 1. The van der Waals surface area contributed by atoms with Crippen LogP contribution in [0.2, 0.25) is 0 Å². The molecule has 2 nitrogen and oxygen atoms in total. The average molecular weight is 287 g/mol. The van der Waals surface area contributed by atoms with Crippen LogP contribution in [0, 0.1) is 13.8 Å². The fourth-order valence-electron chi connectivity index (χ4n) is 2.17. The summed E-state index contributed by atoms with van der Waals surface area (Å²) in [5.74, 6) is 2.68. The second-order valence-corrected chi connectivity index (χ2v) is 5.82. The van der Waals surface area contributed by atoms with E-state index in [1.165, 1.54) is 5.56 Å². The lowest BCUT2D eigenvalue weighted by atomic mass is 10.1. The van der Waals surface area contributed by atoms with Crippen molar-refractivity contribution in [2.45, 2.75) is 39.1 Å². The van der Waals surface area contributed by atoms with Gasteiger partial charge in [0, 0.05) is 30.1 Å². The van der Waals surface area contributed by atoms with Gasteiger partial charge in [0.25, 0.3) is 0 Å². The predicted molar refractivity (Wildman–Crippen MR) is 84.1 cm³/mol. The van der Waals surface area contributed by atoms with Crippen LogP contribution in [0.1, 0.15) is 30.2 Å². The Kier molecular flexibility index (Phi) is 6.30. The smallest absolute Gasteiger partial charge is 0.133 e. The monoisotopic (exact) mass is 286 g/mol. The third-order valence-electron chi connectivity index (χ3n) is 3.30. The van der Waals surface area contributed by atoms with E-state index in [0.29, 0.717) is 11.9 Å². The molecule has 1 aromatic rings. The number of alkyl halides is 1. The summed E-state index contributed by atoms with van der Waals surface area (Å²) >= 11 is 7.96. The minimum absolute atomic E-state index is 0.510. The van der Waals surface area contributed by atoms with E-state index in [2.05, 4.69) is 43.1 Å². The Morgan fingerprint density at radius 1 is 1.44 bits per heavy atom. The maximum Gasteiger partial charge on any atom is 0.133 e. The fraction of sp³-hybridized carbons (Fsp3) is 0.643. The molecule has 0 spiro atoms. The highest BCUT2D eigenvalue weighted by Crippen LogP contribution is 2.26. The van der Waals surface area contributed by atoms with E-state index in [1.54, 1.807) is 0 Å². The van der Waals surface area contributed by atoms with Crippen LogP contribution in [0.4, 0.5) is 5.82 Å². The topological polar surface area (TPSA) is 16.1 Å². The molecule has 18 heavy (non-hydrogen) atoms. The molecule has 102 valence electrons. The Labute approximate surface area is 120 Å². The van der Waals surface area contributed by atoms with Gasteiger partial charge in [-0.25, -0.2) is 4.98 Å². The third kappa shape index (κ3) is 3.55. The van der Waals surface area contributed by atoms with Crippen molar-refractivity contribution in [3.63, 3.8) is 0 Å². The van der Waals surface area contributed by atoms with E-state index >= 15 is 0 Å². The summed E-state index contributed by atoms with van der Waals surface area (Å²) in [7, 11) is 2.13. The molecule has 0 saturated carbocycles. The number of rotatable bonds is 6. The summed E-state index contributed by atoms with van der Waals surface area (Å²) in [5.41, 5.74) is 3.45. The van der Waals surface area contributed by atoms with Crippen molar-refractivity contribution < 1.29 is 0 Å². The van der Waals surface area contributed by atoms with Gasteiger partial charge < -0.3 is 4.90 Å². The molecule has 1 rings (SSSR count). The summed E-state index contributed by atoms with van der Waals surface area (Å²) < 4.78 is 0. The molecule has 0 saturated heterocycles. The number of nitrogens with zero attached hydrogens (tertiary/aromatic N) is 2. The zero-order chi connectivity index (χ0) is 13.7. The van der Waals surface area contributed by atoms with Crippen LogP contribution in [-0.2, 0) is 5.88 Å². The van der Waals surface area contributed by atoms with Crippen molar-refractivity contribution in [3.05, 3.63) is 22.9 Å². The van der Waals surface area contributed by atoms with E-state index in [0.717, 1.165) is 29.2 Å². The van der Waals surface area contributed by atoms with Crippen molar-refractivity contribution in [1.29, 1.82) is 0 Å². The van der Waals surface area contributed by atoms with Crippen molar-refractivity contribution in [1.82, 2.24) is 4.98 Å². The van der Waals surface area contributed by atoms with Gasteiger partial charge in [0.05, 0.1) is 5.88 Å². The highest BCUT2D eigenvalue weighted by atomic mass is 35.5. The normalized spacial score (nSPS) is 12.6. The summed E-state index contributed by atoms with van der Waals surface area (Å²) in [5, 5.41) is 0. The van der Waals surface area contributed by atoms with Crippen molar-refractivity contribution in [2.75, 3.05) is 24.0 Å². The first kappa shape index (κ1) is 15.6. The number of halogens is 1. The van der Waals surface area contributed by atoms with Crippen molar-refractivity contribution in [3.8, 4) is 0 Å². The first-order valence-corrected chi connectivity index (χ1v) is 8.22. The number of anilines is 1. The van der Waals surface area contributed by atoms with Gasteiger partial charge in [0.2, 0.25) is 0 Å². The summed E-state index contributed by atoms with van der Waals surface area (Å²) in [6.07, 6.45) is 3.27. The number of thioether (sulfide) groups is 1. The lowest BCUT2D eigenvalue weighted by Crippen LogP contribution is -2.34. The van der Waals surface area contributed by atoms with Gasteiger partial charge in [0.1, 0.15) is 5.82 Å². The molecule has 0 aromatic carbocycles. The van der Waals surface area contributed by atoms with Crippen LogP contribution in [0.25, 0.3) is 0 Å². The van der Waals surface area contributed by atoms with E-state index in [9.17, 15) is 0 Å². The van der Waals surface area contributed by atoms with Crippen molar-refractivity contribution >= 4 is 29.2 Å². The highest BCUT2D eigenvalue weighted by molar-refractivity contribution is 7.98. The van der Waals surface area contributed by atoms with Crippen LogP contribution in [0.15, 0.2) is 6.07 Å². The SMILES string of the molecule is CCC(CSC)N(C)c1nc(C)cc(C)c1CCl. The van der Waals surface area contributed by atoms with Gasteiger partial charge in [-0.15, -0.1) is 11.6 Å². The molecule has 0 radical (unpaired) electrons. The first-order valence-electron chi connectivity index (χ1n) is 6.29. The van der Waals surface area contributed by atoms with Gasteiger partial charge in [-0.2, -0.15) is 11.8 Å². The Hall–Kier alpha value is -0.410. The van der Waals surface area contributed by atoms with Gasteiger partial charge in [-0.3, -0.25) is 0 Å². The minimum Gasteiger partial charge on any atom is -0.356 e. The Morgan fingerprint density at radius 3 is 2.61 bits per heavy atom. The van der Waals surface area contributed by atoms with Crippen LogP contribution in [0.5, 0.6) is 0 Å². The Bertz CT molecular complexity index is 396. The van der Waals surface area contributed by atoms with Gasteiger partial charge in [-0.1, -0.05) is 6.92 Å². The van der Waals surface area contributed by atoms with Crippen LogP contribution < -0.4 is 4.90 Å².